The standard InChI is InChI=1S/C23H28N2O6/c26-20-10-9-19(21(27)24-20)14-1-5-17(6-2-14)31-18-7-3-15(4-8-18)22(28)25-12-11-16(13-25)23(29)30/h1-2,5-6,15-16,18-19H,3-4,7-13H2,(H,29,30)(H,24,26,27)/t15-,16-,18-,19?/m1/s1. The number of hydrogen-bond acceptors (Lipinski definition) is 5. The molecule has 2 atom stereocenters. The Kier molecular flexibility index (Phi) is 6.25. The van der Waals surface area contributed by atoms with Gasteiger partial charge in [-0.25, -0.2) is 0 Å². The predicted molar refractivity (Wildman–Crippen MR) is 110 cm³/mol. The molecule has 0 spiro atoms. The minimum atomic E-state index is -0.823. The first kappa shape index (κ1) is 21.3. The van der Waals surface area contributed by atoms with Gasteiger partial charge in [0, 0.05) is 25.4 Å². The van der Waals surface area contributed by atoms with Crippen LogP contribution in [0.25, 0.3) is 0 Å². The topological polar surface area (TPSA) is 113 Å². The zero-order valence-corrected chi connectivity index (χ0v) is 17.4. The SMILES string of the molecule is O=C1CCC(c2ccc(O[C@H]3CC[C@H](C(=O)N4CC[C@@H](C(=O)O)C4)CC3)cc2)C(=O)N1. The predicted octanol–water partition coefficient (Wildman–Crippen LogP) is 2.08. The van der Waals surface area contributed by atoms with Crippen molar-refractivity contribution in [3.05, 3.63) is 29.8 Å². The number of nitrogens with zero attached hydrogens (tertiary/aromatic N) is 1. The first-order chi connectivity index (χ1) is 14.9. The van der Waals surface area contributed by atoms with Crippen molar-refractivity contribution >= 4 is 23.7 Å². The minimum absolute atomic E-state index is 0.0378. The van der Waals surface area contributed by atoms with E-state index in [9.17, 15) is 19.2 Å². The van der Waals surface area contributed by atoms with Gasteiger partial charge < -0.3 is 14.7 Å². The van der Waals surface area contributed by atoms with Gasteiger partial charge in [-0.1, -0.05) is 12.1 Å². The van der Waals surface area contributed by atoms with Crippen molar-refractivity contribution in [1.82, 2.24) is 10.2 Å². The number of ether oxygens (including phenoxy) is 1. The van der Waals surface area contributed by atoms with Gasteiger partial charge in [0.2, 0.25) is 17.7 Å². The van der Waals surface area contributed by atoms with E-state index < -0.39 is 11.9 Å². The molecular weight excluding hydrogens is 400 g/mol. The molecular formula is C23H28N2O6. The quantitative estimate of drug-likeness (QED) is 0.695. The first-order valence-electron chi connectivity index (χ1n) is 11.0. The van der Waals surface area contributed by atoms with Crippen molar-refractivity contribution in [1.29, 1.82) is 0 Å². The van der Waals surface area contributed by atoms with Crippen LogP contribution in [0.3, 0.4) is 0 Å². The van der Waals surface area contributed by atoms with E-state index in [0.29, 0.717) is 32.4 Å². The Bertz CT molecular complexity index is 859. The maximum Gasteiger partial charge on any atom is 0.308 e. The maximum absolute atomic E-state index is 12.7. The highest BCUT2D eigenvalue weighted by Gasteiger charge is 2.36. The summed E-state index contributed by atoms with van der Waals surface area (Å²) in [6.45, 7) is 0.857. The van der Waals surface area contributed by atoms with Crippen LogP contribution in [0.4, 0.5) is 0 Å². The number of imide groups is 1. The molecule has 1 unspecified atom stereocenters. The summed E-state index contributed by atoms with van der Waals surface area (Å²) in [6.07, 6.45) is 4.49. The number of carbonyl (C=O) groups excluding carboxylic acids is 3. The van der Waals surface area contributed by atoms with Crippen LogP contribution in [0.15, 0.2) is 24.3 Å². The van der Waals surface area contributed by atoms with Crippen molar-refractivity contribution in [2.24, 2.45) is 11.8 Å². The van der Waals surface area contributed by atoms with Gasteiger partial charge in [-0.2, -0.15) is 0 Å². The van der Waals surface area contributed by atoms with E-state index >= 15 is 0 Å². The zero-order valence-electron chi connectivity index (χ0n) is 17.4. The molecule has 3 aliphatic rings. The Morgan fingerprint density at radius 1 is 0.968 bits per heavy atom. The van der Waals surface area contributed by atoms with Crippen LogP contribution in [0, 0.1) is 11.8 Å². The highest BCUT2D eigenvalue weighted by atomic mass is 16.5. The van der Waals surface area contributed by atoms with E-state index in [4.69, 9.17) is 9.84 Å². The molecule has 2 aliphatic heterocycles. The summed E-state index contributed by atoms with van der Waals surface area (Å²) < 4.78 is 6.09. The van der Waals surface area contributed by atoms with Crippen molar-refractivity contribution in [3.8, 4) is 5.75 Å². The summed E-state index contributed by atoms with van der Waals surface area (Å²) in [5, 5.41) is 11.5. The van der Waals surface area contributed by atoms with Gasteiger partial charge in [0.25, 0.3) is 0 Å². The highest BCUT2D eigenvalue weighted by molar-refractivity contribution is 6.00. The van der Waals surface area contributed by atoms with Gasteiger partial charge in [0.05, 0.1) is 17.9 Å². The molecule has 3 amide bonds. The van der Waals surface area contributed by atoms with Crippen LogP contribution in [-0.4, -0.2) is 52.9 Å². The Morgan fingerprint density at radius 3 is 2.29 bits per heavy atom. The van der Waals surface area contributed by atoms with Crippen LogP contribution >= 0.6 is 0 Å². The van der Waals surface area contributed by atoms with Crippen LogP contribution in [0.1, 0.15) is 56.4 Å². The fraction of sp³-hybridized carbons (Fsp3) is 0.565. The lowest BCUT2D eigenvalue weighted by molar-refractivity contribution is -0.142. The van der Waals surface area contributed by atoms with Crippen molar-refractivity contribution in [2.75, 3.05) is 13.1 Å². The summed E-state index contributed by atoms with van der Waals surface area (Å²) in [6, 6.07) is 7.45. The largest absolute Gasteiger partial charge is 0.490 e. The summed E-state index contributed by atoms with van der Waals surface area (Å²) in [7, 11) is 0. The van der Waals surface area contributed by atoms with Crippen molar-refractivity contribution in [2.45, 2.75) is 57.0 Å². The van der Waals surface area contributed by atoms with Crippen LogP contribution in [-0.2, 0) is 19.2 Å². The van der Waals surface area contributed by atoms with E-state index in [-0.39, 0.29) is 35.7 Å². The molecule has 2 heterocycles. The fourth-order valence-electron chi connectivity index (χ4n) is 4.83. The molecule has 0 bridgehead atoms. The highest BCUT2D eigenvalue weighted by Crippen LogP contribution is 2.32. The summed E-state index contributed by atoms with van der Waals surface area (Å²) in [4.78, 5) is 48.9. The normalized spacial score (nSPS) is 28.8. The smallest absolute Gasteiger partial charge is 0.308 e. The molecule has 2 saturated heterocycles. The van der Waals surface area contributed by atoms with Gasteiger partial charge in [-0.3, -0.25) is 24.5 Å². The van der Waals surface area contributed by atoms with Crippen LogP contribution in [0.5, 0.6) is 5.75 Å². The molecule has 3 fully saturated rings. The second-order valence-corrected chi connectivity index (χ2v) is 8.77. The third-order valence-electron chi connectivity index (χ3n) is 6.70. The van der Waals surface area contributed by atoms with Gasteiger partial charge in [-0.15, -0.1) is 0 Å². The van der Waals surface area contributed by atoms with E-state index in [0.717, 1.165) is 37.0 Å². The molecule has 8 nitrogen and oxygen atoms in total. The number of benzene rings is 1. The molecule has 31 heavy (non-hydrogen) atoms. The van der Waals surface area contributed by atoms with Crippen molar-refractivity contribution < 1.29 is 29.0 Å². The third-order valence-corrected chi connectivity index (χ3v) is 6.70. The number of nitrogens with one attached hydrogen (secondary N) is 1. The van der Waals surface area contributed by atoms with E-state index in [1.165, 1.54) is 0 Å². The second kappa shape index (κ2) is 9.08. The number of carboxylic acid groups (broad SMARTS) is 1. The van der Waals surface area contributed by atoms with E-state index in [2.05, 4.69) is 5.32 Å². The Balaban J connectivity index is 1.25. The molecule has 1 saturated carbocycles. The summed E-state index contributed by atoms with van der Waals surface area (Å²) >= 11 is 0. The molecule has 1 aromatic carbocycles. The Hall–Kier alpha value is -2.90. The molecule has 1 aliphatic carbocycles. The number of rotatable bonds is 5. The summed E-state index contributed by atoms with van der Waals surface area (Å²) in [5.74, 6) is -1.28. The van der Waals surface area contributed by atoms with Crippen LogP contribution < -0.4 is 10.1 Å². The number of carbonyl (C=O) groups is 4. The van der Waals surface area contributed by atoms with Gasteiger partial charge in [0.15, 0.2) is 0 Å². The maximum atomic E-state index is 12.7. The summed E-state index contributed by atoms with van der Waals surface area (Å²) in [5.41, 5.74) is 0.872. The number of hydrogen-bond donors (Lipinski definition) is 2. The average molecular weight is 428 g/mol. The lowest BCUT2D eigenvalue weighted by atomic mass is 9.86. The molecule has 4 rings (SSSR count). The van der Waals surface area contributed by atoms with E-state index in [1.54, 1.807) is 4.90 Å². The minimum Gasteiger partial charge on any atom is -0.490 e. The Labute approximate surface area is 180 Å². The number of aliphatic carboxylic acids is 1. The lowest BCUT2D eigenvalue weighted by Crippen LogP contribution is -2.39. The molecule has 0 aromatic heterocycles. The Morgan fingerprint density at radius 2 is 1.68 bits per heavy atom. The van der Waals surface area contributed by atoms with Crippen LogP contribution in [0.2, 0.25) is 0 Å². The molecule has 0 radical (unpaired) electrons. The first-order valence-corrected chi connectivity index (χ1v) is 11.0. The number of amides is 3. The number of piperidine rings is 1. The van der Waals surface area contributed by atoms with E-state index in [1.807, 2.05) is 24.3 Å². The van der Waals surface area contributed by atoms with Gasteiger partial charge in [-0.05, 0) is 56.2 Å². The fourth-order valence-corrected chi connectivity index (χ4v) is 4.83. The molecule has 2 N–H and O–H groups in total. The third kappa shape index (κ3) is 4.89. The number of likely N-dealkylation sites (tertiary alicyclic amines) is 1. The number of carboxylic acids is 1. The molecule has 166 valence electrons. The lowest BCUT2D eigenvalue weighted by Gasteiger charge is -2.31. The van der Waals surface area contributed by atoms with Crippen molar-refractivity contribution in [3.63, 3.8) is 0 Å². The van der Waals surface area contributed by atoms with Gasteiger partial charge in [0.1, 0.15) is 5.75 Å². The average Bonchev–Trinajstić information content (AvgIpc) is 3.25. The van der Waals surface area contributed by atoms with Gasteiger partial charge >= 0.3 is 5.97 Å². The molecule has 1 aromatic rings. The zero-order chi connectivity index (χ0) is 22.0. The molecule has 8 heteroatoms. The monoisotopic (exact) mass is 428 g/mol. The second-order valence-electron chi connectivity index (χ2n) is 8.77.